The topological polar surface area (TPSA) is 80.0 Å². The number of piperazine rings is 1. The molecule has 1 atom stereocenters. The fourth-order valence-electron chi connectivity index (χ4n) is 2.00. The summed E-state index contributed by atoms with van der Waals surface area (Å²) in [7, 11) is 0. The summed E-state index contributed by atoms with van der Waals surface area (Å²) in [6.45, 7) is 6.11. The lowest BCUT2D eigenvalue weighted by Crippen LogP contribution is -2.44. The van der Waals surface area contributed by atoms with Gasteiger partial charge in [0.1, 0.15) is 0 Å². The molecule has 2 aromatic heterocycles. The molecule has 3 heterocycles. The van der Waals surface area contributed by atoms with Crippen molar-refractivity contribution in [2.75, 3.05) is 26.2 Å². The highest BCUT2D eigenvalue weighted by Gasteiger charge is 2.23. The molecule has 1 fully saturated rings. The Bertz CT molecular complexity index is 492. The van der Waals surface area contributed by atoms with Gasteiger partial charge in [-0.15, -0.1) is 5.10 Å². The molecule has 1 unspecified atom stereocenters. The molecule has 18 heavy (non-hydrogen) atoms. The summed E-state index contributed by atoms with van der Waals surface area (Å²) in [4.78, 5) is 6.73. The number of hydrogen-bond acceptors (Lipinski definition) is 8. The lowest BCUT2D eigenvalue weighted by molar-refractivity contribution is 0.176. The van der Waals surface area contributed by atoms with E-state index in [0.717, 1.165) is 26.2 Å². The monoisotopic (exact) mass is 266 g/mol. The summed E-state index contributed by atoms with van der Waals surface area (Å²) in [5.74, 6) is 1.15. The minimum atomic E-state index is 0.163. The Kier molecular flexibility index (Phi) is 3.31. The van der Waals surface area contributed by atoms with E-state index in [1.807, 2.05) is 0 Å². The number of nitrogens with zero attached hydrogens (tertiary/aromatic N) is 5. The van der Waals surface area contributed by atoms with E-state index >= 15 is 0 Å². The van der Waals surface area contributed by atoms with Crippen molar-refractivity contribution in [2.45, 2.75) is 13.0 Å². The van der Waals surface area contributed by atoms with Gasteiger partial charge in [-0.2, -0.15) is 4.98 Å². The van der Waals surface area contributed by atoms with Gasteiger partial charge in [-0.25, -0.2) is 0 Å². The van der Waals surface area contributed by atoms with Crippen LogP contribution < -0.4 is 5.32 Å². The van der Waals surface area contributed by atoms with E-state index in [1.165, 1.54) is 11.5 Å². The molecule has 8 heteroatoms. The van der Waals surface area contributed by atoms with Crippen LogP contribution in [0.15, 0.2) is 9.90 Å². The van der Waals surface area contributed by atoms with Crippen molar-refractivity contribution in [1.29, 1.82) is 0 Å². The van der Waals surface area contributed by atoms with Crippen LogP contribution in [0.1, 0.15) is 18.8 Å². The first-order chi connectivity index (χ1) is 8.84. The Labute approximate surface area is 108 Å². The zero-order valence-corrected chi connectivity index (χ0v) is 10.9. The molecular formula is C10H14N6OS. The molecule has 1 aliphatic rings. The van der Waals surface area contributed by atoms with Crippen LogP contribution in [-0.2, 0) is 0 Å². The molecular weight excluding hydrogens is 252 g/mol. The maximum atomic E-state index is 5.22. The second kappa shape index (κ2) is 5.09. The third-order valence-corrected chi connectivity index (χ3v) is 3.60. The summed E-state index contributed by atoms with van der Waals surface area (Å²) in [6.07, 6.45) is 0. The third kappa shape index (κ3) is 2.26. The van der Waals surface area contributed by atoms with E-state index in [0.29, 0.717) is 17.4 Å². The standard InChI is InChI=1S/C10H14N6OS/c1-7(16-4-2-11-3-5-16)9-12-10(17-14-9)8-6-18-15-13-8/h6-7,11H,2-5H2,1H3. The number of rotatable bonds is 3. The normalized spacial score (nSPS) is 18.9. The summed E-state index contributed by atoms with van der Waals surface area (Å²) < 4.78 is 9.01. The van der Waals surface area contributed by atoms with Crippen molar-refractivity contribution >= 4 is 11.5 Å². The highest BCUT2D eigenvalue weighted by molar-refractivity contribution is 7.03. The molecule has 3 rings (SSSR count). The van der Waals surface area contributed by atoms with Crippen LogP contribution in [0.4, 0.5) is 0 Å². The molecule has 0 radical (unpaired) electrons. The average Bonchev–Trinajstić information content (AvgIpc) is 3.09. The van der Waals surface area contributed by atoms with Crippen molar-refractivity contribution in [2.24, 2.45) is 0 Å². The SMILES string of the molecule is CC(c1noc(-c2csnn2)n1)N1CCNCC1. The summed E-state index contributed by atoms with van der Waals surface area (Å²) in [5, 5.41) is 13.1. The van der Waals surface area contributed by atoms with E-state index in [4.69, 9.17) is 4.52 Å². The quantitative estimate of drug-likeness (QED) is 0.869. The van der Waals surface area contributed by atoms with Gasteiger partial charge in [0, 0.05) is 31.6 Å². The zero-order valence-electron chi connectivity index (χ0n) is 10.0. The van der Waals surface area contributed by atoms with E-state index in [9.17, 15) is 0 Å². The van der Waals surface area contributed by atoms with E-state index < -0.39 is 0 Å². The van der Waals surface area contributed by atoms with E-state index in [-0.39, 0.29) is 6.04 Å². The van der Waals surface area contributed by atoms with Gasteiger partial charge in [-0.05, 0) is 18.5 Å². The van der Waals surface area contributed by atoms with E-state index in [1.54, 1.807) is 5.38 Å². The second-order valence-corrected chi connectivity index (χ2v) is 4.82. The van der Waals surface area contributed by atoms with Gasteiger partial charge in [-0.1, -0.05) is 9.64 Å². The first-order valence-corrected chi connectivity index (χ1v) is 6.74. The van der Waals surface area contributed by atoms with Crippen molar-refractivity contribution in [1.82, 2.24) is 29.9 Å². The molecule has 2 aromatic rings. The van der Waals surface area contributed by atoms with Crippen LogP contribution in [0.25, 0.3) is 11.6 Å². The van der Waals surface area contributed by atoms with Gasteiger partial charge in [0.25, 0.3) is 5.89 Å². The fraction of sp³-hybridized carbons (Fsp3) is 0.600. The lowest BCUT2D eigenvalue weighted by Gasteiger charge is -2.30. The molecule has 0 bridgehead atoms. The van der Waals surface area contributed by atoms with Crippen LogP contribution in [0.5, 0.6) is 0 Å². The largest absolute Gasteiger partial charge is 0.332 e. The van der Waals surface area contributed by atoms with Gasteiger partial charge in [0.05, 0.1) is 6.04 Å². The molecule has 0 spiro atoms. The summed E-state index contributed by atoms with van der Waals surface area (Å²) >= 11 is 1.27. The van der Waals surface area contributed by atoms with E-state index in [2.05, 4.69) is 36.9 Å². The smallest absolute Gasteiger partial charge is 0.279 e. The Hall–Kier alpha value is -1.38. The first-order valence-electron chi connectivity index (χ1n) is 5.90. The Balaban J connectivity index is 1.76. The van der Waals surface area contributed by atoms with Gasteiger partial charge < -0.3 is 9.84 Å². The molecule has 96 valence electrons. The molecule has 0 aromatic carbocycles. The number of nitrogens with one attached hydrogen (secondary N) is 1. The Morgan fingerprint density at radius 2 is 2.28 bits per heavy atom. The van der Waals surface area contributed by atoms with Gasteiger partial charge in [-0.3, -0.25) is 4.90 Å². The first kappa shape index (κ1) is 11.7. The van der Waals surface area contributed by atoms with Crippen molar-refractivity contribution in [3.05, 3.63) is 11.2 Å². The average molecular weight is 266 g/mol. The molecule has 1 saturated heterocycles. The predicted molar refractivity (Wildman–Crippen MR) is 66.1 cm³/mol. The highest BCUT2D eigenvalue weighted by Crippen LogP contribution is 2.21. The number of aromatic nitrogens is 4. The summed E-state index contributed by atoms with van der Waals surface area (Å²) in [6, 6.07) is 0.163. The van der Waals surface area contributed by atoms with Crippen LogP contribution in [0, 0.1) is 0 Å². The molecule has 1 N–H and O–H groups in total. The van der Waals surface area contributed by atoms with Crippen LogP contribution >= 0.6 is 11.5 Å². The second-order valence-electron chi connectivity index (χ2n) is 4.21. The van der Waals surface area contributed by atoms with Crippen LogP contribution in [0.2, 0.25) is 0 Å². The molecule has 0 amide bonds. The number of hydrogen-bond donors (Lipinski definition) is 1. The highest BCUT2D eigenvalue weighted by atomic mass is 32.1. The van der Waals surface area contributed by atoms with Crippen molar-refractivity contribution in [3.63, 3.8) is 0 Å². The predicted octanol–water partition coefficient (Wildman–Crippen LogP) is 0.554. The fourth-order valence-corrected chi connectivity index (χ4v) is 2.43. The molecule has 0 aliphatic carbocycles. The minimum Gasteiger partial charge on any atom is -0.332 e. The van der Waals surface area contributed by atoms with Gasteiger partial charge in [0.15, 0.2) is 11.5 Å². The van der Waals surface area contributed by atoms with Crippen LogP contribution in [-0.4, -0.2) is 50.8 Å². The third-order valence-electron chi connectivity index (χ3n) is 3.09. The van der Waals surface area contributed by atoms with Crippen LogP contribution in [0.3, 0.4) is 0 Å². The maximum Gasteiger partial charge on any atom is 0.279 e. The molecule has 7 nitrogen and oxygen atoms in total. The molecule has 1 aliphatic heterocycles. The van der Waals surface area contributed by atoms with Crippen molar-refractivity contribution in [3.8, 4) is 11.6 Å². The van der Waals surface area contributed by atoms with Gasteiger partial charge >= 0.3 is 0 Å². The Morgan fingerprint density at radius 1 is 1.44 bits per heavy atom. The molecule has 0 saturated carbocycles. The lowest BCUT2D eigenvalue weighted by atomic mass is 10.2. The summed E-state index contributed by atoms with van der Waals surface area (Å²) in [5.41, 5.74) is 0.645. The minimum absolute atomic E-state index is 0.163. The Morgan fingerprint density at radius 3 is 3.00 bits per heavy atom. The van der Waals surface area contributed by atoms with Gasteiger partial charge in [0.2, 0.25) is 0 Å². The zero-order chi connectivity index (χ0) is 12.4. The maximum absolute atomic E-state index is 5.22. The van der Waals surface area contributed by atoms with Crippen molar-refractivity contribution < 1.29 is 4.52 Å².